The Balaban J connectivity index is 0.867. The van der Waals surface area contributed by atoms with Crippen LogP contribution >= 0.6 is 21.6 Å². The van der Waals surface area contributed by atoms with Crippen molar-refractivity contribution in [3.05, 3.63) is 142 Å². The van der Waals surface area contributed by atoms with Gasteiger partial charge in [-0.3, -0.25) is 57.5 Å². The van der Waals surface area contributed by atoms with E-state index in [0.29, 0.717) is 61.0 Å². The van der Waals surface area contributed by atoms with E-state index in [9.17, 15) is 92.3 Å². The number of hydrogen-bond donors (Lipinski definition) is 12. The van der Waals surface area contributed by atoms with Crippen molar-refractivity contribution in [2.75, 3.05) is 45.4 Å². The number of nitrogens with zero attached hydrogens (tertiary/aromatic N) is 3. The molecule has 0 radical (unpaired) electrons. The maximum atomic E-state index is 14.5. The number of hydrogen-bond acceptors (Lipinski definition) is 25. The number of pyridine rings is 1. The number of aliphatic hydroxyl groups excluding tert-OH is 1. The number of amides is 6. The second-order valence-corrected chi connectivity index (χ2v) is 28.8. The zero-order valence-electron chi connectivity index (χ0n) is 61.8. The smallest absolute Gasteiger partial charge is 0.493 e. The van der Waals surface area contributed by atoms with Crippen LogP contribution in [-0.2, 0) is 94.8 Å². The average molecular weight is 1610 g/mol. The van der Waals surface area contributed by atoms with Crippen LogP contribution in [0.5, 0.6) is 17.2 Å². The standard InChI is InChI=1S/C76H90N10O25S2/c1-107-60-35-49-52(37-61(60)108-2)72(100)86(26-13-25-85-27-24-78-42-85)68-50-32-47(40-87)59(36-51(50)69(97)67(49)68)111-76(106)109-28-29-112-113-41-48(73(101)102)34-58(90)56(38-66(95)96)82-71(99)53(77)39-80-70(98)46(30-44-14-7-5-8-15-44)33-57(89)55(31-45-16-9-6-10-17-45)81-63(92)18-11-3-4-12-23-79-62(91)20-19-54(74(103)104)83-75(105)84-64(110-43-88)21-22-65(93)94/h5-10,14-17,24,27,32,35-37,42-43,46,48,53-56,64,87H,3-4,11-13,18-23,25-26,28-31,33-34,38-41,77H2,1-2H3,(H,79,91)(H,80,98)(H,81,92)(H,82,99)(H,93,94)(H,95,96)(H,101,102)(H,103,104)(H2,83,84,105)/t46-,48-,53-,54+,55-,56-,64-/m0/s1. The highest BCUT2D eigenvalue weighted by Crippen LogP contribution is 2.44. The number of carbonyl (C=O) groups excluding carboxylic acids is 10. The number of carbonyl (C=O) groups is 14. The molecule has 113 heavy (non-hydrogen) atoms. The Hall–Kier alpha value is -11.7. The molecule has 1 aliphatic rings. The first-order chi connectivity index (χ1) is 54.2. The normalized spacial score (nSPS) is 13.2. The van der Waals surface area contributed by atoms with Gasteiger partial charge in [0.1, 0.15) is 24.4 Å². The summed E-state index contributed by atoms with van der Waals surface area (Å²) >= 11 is 0. The maximum absolute atomic E-state index is 14.5. The highest BCUT2D eigenvalue weighted by Gasteiger charge is 2.37. The van der Waals surface area contributed by atoms with E-state index >= 15 is 0 Å². The summed E-state index contributed by atoms with van der Waals surface area (Å²) in [6.45, 7) is -0.656. The number of benzene rings is 4. The number of urea groups is 1. The van der Waals surface area contributed by atoms with Crippen LogP contribution in [0.4, 0.5) is 9.59 Å². The molecule has 13 N–H and O–H groups in total. The molecule has 0 spiro atoms. The highest BCUT2D eigenvalue weighted by molar-refractivity contribution is 8.76. The van der Waals surface area contributed by atoms with E-state index in [0.717, 1.165) is 21.6 Å². The van der Waals surface area contributed by atoms with E-state index in [4.69, 9.17) is 29.8 Å². The average Bonchev–Trinajstić information content (AvgIpc) is 1.57. The first-order valence-corrected chi connectivity index (χ1v) is 38.5. The van der Waals surface area contributed by atoms with Gasteiger partial charge in [-0.15, -0.1) is 0 Å². The fraction of sp³-hybridized carbons (Fsp3) is 0.421. The molecular formula is C76H90N10O25S2. The Morgan fingerprint density at radius 1 is 0.628 bits per heavy atom. The molecular weight excluding hydrogens is 1520 g/mol. The highest BCUT2D eigenvalue weighted by atomic mass is 33.1. The minimum Gasteiger partial charge on any atom is -0.493 e. The molecule has 0 aliphatic heterocycles. The topological polar surface area (TPSA) is 524 Å². The number of nitrogens with two attached hydrogens (primary N) is 1. The number of aliphatic hydroxyl groups is 1. The van der Waals surface area contributed by atoms with Crippen LogP contribution in [0.25, 0.3) is 22.0 Å². The lowest BCUT2D eigenvalue weighted by Crippen LogP contribution is -2.53. The molecule has 2 aromatic heterocycles. The number of Topliss-reactive ketones (excluding diaryl/α,β-unsaturated/α-hetero) is 2. The van der Waals surface area contributed by atoms with Crippen LogP contribution < -0.4 is 57.4 Å². The molecule has 2 heterocycles. The molecule has 0 saturated carbocycles. The lowest BCUT2D eigenvalue weighted by Gasteiger charge is -2.23. The number of methoxy groups -OCH3 is 2. The molecule has 0 bridgehead atoms. The van der Waals surface area contributed by atoms with E-state index in [1.165, 1.54) is 37.0 Å². The fourth-order valence-electron chi connectivity index (χ4n) is 12.3. The van der Waals surface area contributed by atoms with Crippen LogP contribution in [0.1, 0.15) is 116 Å². The molecule has 0 saturated heterocycles. The Bertz CT molecular complexity index is 4430. The van der Waals surface area contributed by atoms with E-state index < -0.39 is 164 Å². The van der Waals surface area contributed by atoms with Crippen molar-refractivity contribution in [3.8, 4) is 28.5 Å². The van der Waals surface area contributed by atoms with E-state index in [-0.39, 0.29) is 121 Å². The van der Waals surface area contributed by atoms with Gasteiger partial charge < -0.3 is 96.0 Å². The molecule has 37 heteroatoms. The number of unbranched alkanes of at least 4 members (excludes halogenated alkanes) is 3. The van der Waals surface area contributed by atoms with Crippen molar-refractivity contribution in [1.29, 1.82) is 0 Å². The van der Waals surface area contributed by atoms with Gasteiger partial charge in [-0.1, -0.05) is 95.1 Å². The van der Waals surface area contributed by atoms with Gasteiger partial charge in [-0.2, -0.15) is 0 Å². The minimum atomic E-state index is -1.77. The third kappa shape index (κ3) is 27.3. The SMILES string of the molecule is COc1cc2c3c(n(CCCn4ccnc4)c(=O)c2cc1OC)-c1cc(CO)c(OC(=O)OCCSSC[C@H](CC(=O)[C@H](CC(=O)O)NC(=O)[C@@H](N)CNC(=O)[C@H](CC(=O)[C@H](Cc2ccccc2)NC(=O)CCCCCCNC(=O)CC[C@@H](NC(=O)N[C@H](CCC(=O)O)OC=O)C(=O)O)Cc2ccccc2)C(=O)O)cc1C3=O. The number of carboxylic acid groups (broad SMARTS) is 4. The Labute approximate surface area is 654 Å². The van der Waals surface area contributed by atoms with Gasteiger partial charge in [-0.25, -0.2) is 19.4 Å². The van der Waals surface area contributed by atoms with Gasteiger partial charge in [0, 0.05) is 110 Å². The van der Waals surface area contributed by atoms with Gasteiger partial charge in [0.05, 0.1) is 74.6 Å². The first kappa shape index (κ1) is 88.5. The van der Waals surface area contributed by atoms with E-state index in [1.807, 2.05) is 4.57 Å². The molecule has 4 aromatic carbocycles. The largest absolute Gasteiger partial charge is 0.513 e. The summed E-state index contributed by atoms with van der Waals surface area (Å²) < 4.78 is 29.8. The summed E-state index contributed by atoms with van der Waals surface area (Å²) in [4.78, 5) is 198. The van der Waals surface area contributed by atoms with Crippen LogP contribution in [0.3, 0.4) is 0 Å². The summed E-state index contributed by atoms with van der Waals surface area (Å²) in [7, 11) is 4.86. The Morgan fingerprint density at radius 2 is 1.30 bits per heavy atom. The van der Waals surface area contributed by atoms with Crippen molar-refractivity contribution < 1.29 is 116 Å². The lowest BCUT2D eigenvalue weighted by molar-refractivity contribution is -0.144. The predicted octanol–water partition coefficient (Wildman–Crippen LogP) is 4.48. The third-order valence-corrected chi connectivity index (χ3v) is 20.5. The first-order valence-electron chi connectivity index (χ1n) is 36.0. The molecule has 0 unspecified atom stereocenters. The fourth-order valence-corrected chi connectivity index (χ4v) is 14.4. The summed E-state index contributed by atoms with van der Waals surface area (Å²) in [6.07, 6.45) is 1.51. The quantitative estimate of drug-likeness (QED) is 0.00624. The number of ketones is 3. The molecule has 6 amide bonds. The molecule has 35 nitrogen and oxygen atoms in total. The molecule has 606 valence electrons. The van der Waals surface area contributed by atoms with Gasteiger partial charge >= 0.3 is 36.1 Å². The number of aromatic nitrogens is 3. The van der Waals surface area contributed by atoms with E-state index in [2.05, 4.69) is 41.6 Å². The monoisotopic (exact) mass is 1610 g/mol. The van der Waals surface area contributed by atoms with Gasteiger partial charge in [0.15, 0.2) is 35.1 Å². The van der Waals surface area contributed by atoms with Crippen molar-refractivity contribution in [2.24, 2.45) is 17.6 Å². The van der Waals surface area contributed by atoms with Crippen LogP contribution in [-0.4, -0.2) is 199 Å². The molecule has 0 fully saturated rings. The summed E-state index contributed by atoms with van der Waals surface area (Å²) in [5, 5.41) is 64.1. The maximum Gasteiger partial charge on any atom is 0.513 e. The van der Waals surface area contributed by atoms with Crippen LogP contribution in [0.15, 0.2) is 108 Å². The van der Waals surface area contributed by atoms with Gasteiger partial charge in [-0.05, 0) is 73.9 Å². The zero-order chi connectivity index (χ0) is 82.1. The van der Waals surface area contributed by atoms with E-state index in [1.54, 1.807) is 85.5 Å². The number of nitrogens with one attached hydrogen (secondary N) is 6. The number of aryl methyl sites for hydroxylation is 1. The number of aliphatic carboxylic acids is 4. The zero-order valence-corrected chi connectivity index (χ0v) is 63.5. The third-order valence-electron chi connectivity index (χ3n) is 18.1. The Kier molecular flexibility index (Phi) is 35.2. The Morgan fingerprint density at radius 3 is 1.94 bits per heavy atom. The lowest BCUT2D eigenvalue weighted by atomic mass is 9.89. The predicted molar refractivity (Wildman–Crippen MR) is 407 cm³/mol. The van der Waals surface area contributed by atoms with Gasteiger partial charge in [0.2, 0.25) is 23.6 Å². The van der Waals surface area contributed by atoms with Crippen LogP contribution in [0, 0.1) is 11.8 Å². The van der Waals surface area contributed by atoms with Crippen LogP contribution in [0.2, 0.25) is 0 Å². The molecule has 1 aliphatic carbocycles. The number of imidazole rings is 1. The minimum absolute atomic E-state index is 0.00600. The van der Waals surface area contributed by atoms with Crippen molar-refractivity contribution >= 4 is 116 Å². The van der Waals surface area contributed by atoms with Crippen molar-refractivity contribution in [1.82, 2.24) is 46.0 Å². The second-order valence-electron chi connectivity index (χ2n) is 26.2. The molecule has 6 aromatic rings. The summed E-state index contributed by atoms with van der Waals surface area (Å²) in [5.41, 5.74) is 8.10. The number of rotatable bonds is 51. The number of fused-ring (bicyclic) bond motifs is 5. The van der Waals surface area contributed by atoms with Gasteiger partial charge in [0.25, 0.3) is 12.0 Å². The van der Waals surface area contributed by atoms with Crippen molar-refractivity contribution in [3.63, 3.8) is 0 Å². The summed E-state index contributed by atoms with van der Waals surface area (Å²) in [5.74, 6) is -12.7. The molecule has 7 rings (SSSR count). The van der Waals surface area contributed by atoms with Crippen molar-refractivity contribution in [2.45, 2.75) is 146 Å². The number of ether oxygens (including phenoxy) is 5. The summed E-state index contributed by atoms with van der Waals surface area (Å²) in [6, 6.07) is 16.2. The second kappa shape index (κ2) is 45.0. The number of carboxylic acids is 4. The molecule has 7 atom stereocenters.